The van der Waals surface area contributed by atoms with Crippen molar-refractivity contribution >= 4 is 17.3 Å². The summed E-state index contributed by atoms with van der Waals surface area (Å²) in [6.45, 7) is 0.303. The second-order valence-corrected chi connectivity index (χ2v) is 3.70. The minimum Gasteiger partial charge on any atom is -0.399 e. The van der Waals surface area contributed by atoms with Crippen LogP contribution in [0, 0.1) is 0 Å². The third-order valence-electron chi connectivity index (χ3n) is 2.00. The third kappa shape index (κ3) is 2.38. The van der Waals surface area contributed by atoms with Crippen molar-refractivity contribution in [1.29, 1.82) is 0 Å². The van der Waals surface area contributed by atoms with Crippen LogP contribution in [0.15, 0.2) is 35.5 Å². The Morgan fingerprint density at radius 1 is 1.44 bits per heavy atom. The van der Waals surface area contributed by atoms with E-state index in [0.717, 1.165) is 0 Å². The Balaban J connectivity index is 2.34. The Morgan fingerprint density at radius 3 is 3.00 bits per heavy atom. The summed E-state index contributed by atoms with van der Waals surface area (Å²) < 4.78 is 1.38. The number of nitrogens with zero attached hydrogens (tertiary/aromatic N) is 3. The fraction of sp³-hybridized carbons (Fsp3) is 0.100. The Hall–Kier alpha value is -1.88. The Morgan fingerprint density at radius 2 is 2.25 bits per heavy atom. The van der Waals surface area contributed by atoms with E-state index in [1.807, 2.05) is 0 Å². The summed E-state index contributed by atoms with van der Waals surface area (Å²) >= 11 is 5.75. The average Bonchev–Trinajstić information content (AvgIpc) is 2.24. The van der Waals surface area contributed by atoms with Crippen LogP contribution in [-0.4, -0.2) is 14.5 Å². The first kappa shape index (κ1) is 10.6. The number of hydrogen-bond donors (Lipinski definition) is 1. The molecule has 0 fully saturated rings. The molecule has 0 saturated heterocycles. The highest BCUT2D eigenvalue weighted by Crippen LogP contribution is 2.06. The lowest BCUT2D eigenvalue weighted by molar-refractivity contribution is 0.711. The van der Waals surface area contributed by atoms with Crippen LogP contribution in [0.2, 0.25) is 5.02 Å². The van der Waals surface area contributed by atoms with E-state index in [1.54, 1.807) is 18.3 Å². The molecule has 5 nitrogen and oxygen atoms in total. The molecule has 0 aliphatic rings. The molecule has 0 aliphatic heterocycles. The number of nitrogens with two attached hydrogens (primary N) is 1. The standard InChI is InChI=1S/C10H9ClN4O/c11-7-4-14-10(16)15(5-7)6-9-3-8(12)1-2-13-9/h1-5H,6H2,(H2,12,13). The molecule has 2 heterocycles. The van der Waals surface area contributed by atoms with E-state index in [-0.39, 0.29) is 5.69 Å². The highest BCUT2D eigenvalue weighted by Gasteiger charge is 2.01. The van der Waals surface area contributed by atoms with Crippen LogP contribution in [0.1, 0.15) is 5.69 Å². The van der Waals surface area contributed by atoms with E-state index in [4.69, 9.17) is 17.3 Å². The van der Waals surface area contributed by atoms with Crippen LogP contribution >= 0.6 is 11.6 Å². The van der Waals surface area contributed by atoms with Crippen molar-refractivity contribution in [2.75, 3.05) is 5.73 Å². The lowest BCUT2D eigenvalue weighted by Gasteiger charge is -2.04. The van der Waals surface area contributed by atoms with Gasteiger partial charge in [0, 0.05) is 18.1 Å². The molecule has 0 aliphatic carbocycles. The van der Waals surface area contributed by atoms with Gasteiger partial charge in [0.05, 0.1) is 23.5 Å². The zero-order chi connectivity index (χ0) is 11.5. The molecule has 6 heteroatoms. The predicted molar refractivity (Wildman–Crippen MR) is 61.3 cm³/mol. The van der Waals surface area contributed by atoms with Crippen LogP contribution in [0.4, 0.5) is 5.69 Å². The summed E-state index contributed by atoms with van der Waals surface area (Å²) in [6.07, 6.45) is 4.42. The van der Waals surface area contributed by atoms with Crippen LogP contribution in [-0.2, 0) is 6.54 Å². The number of anilines is 1. The SMILES string of the molecule is Nc1ccnc(Cn2cc(Cl)cnc2=O)c1. The van der Waals surface area contributed by atoms with E-state index in [1.165, 1.54) is 17.0 Å². The van der Waals surface area contributed by atoms with E-state index in [9.17, 15) is 4.79 Å². The summed E-state index contributed by atoms with van der Waals surface area (Å²) in [5, 5.41) is 0.406. The summed E-state index contributed by atoms with van der Waals surface area (Å²) in [5.74, 6) is 0. The van der Waals surface area contributed by atoms with E-state index >= 15 is 0 Å². The Kier molecular flexibility index (Phi) is 2.87. The third-order valence-corrected chi connectivity index (χ3v) is 2.19. The van der Waals surface area contributed by atoms with Crippen LogP contribution < -0.4 is 11.4 Å². The molecule has 2 N–H and O–H groups in total. The molecule has 0 aromatic carbocycles. The Bertz CT molecular complexity index is 567. The molecule has 0 amide bonds. The normalized spacial score (nSPS) is 10.3. The molecule has 2 aromatic rings. The van der Waals surface area contributed by atoms with E-state index in [0.29, 0.717) is 22.9 Å². The second-order valence-electron chi connectivity index (χ2n) is 3.26. The molecule has 0 saturated carbocycles. The van der Waals surface area contributed by atoms with Gasteiger partial charge in [0.15, 0.2) is 0 Å². The topological polar surface area (TPSA) is 73.8 Å². The largest absolute Gasteiger partial charge is 0.399 e. The first-order valence-corrected chi connectivity index (χ1v) is 4.95. The first-order valence-electron chi connectivity index (χ1n) is 4.57. The molecule has 0 spiro atoms. The minimum atomic E-state index is -0.367. The van der Waals surface area contributed by atoms with Crippen LogP contribution in [0.25, 0.3) is 0 Å². The van der Waals surface area contributed by atoms with Gasteiger partial charge in [-0.25, -0.2) is 9.78 Å². The van der Waals surface area contributed by atoms with Gasteiger partial charge in [-0.3, -0.25) is 9.55 Å². The van der Waals surface area contributed by atoms with Gasteiger partial charge in [0.2, 0.25) is 0 Å². The highest BCUT2D eigenvalue weighted by molar-refractivity contribution is 6.30. The zero-order valence-electron chi connectivity index (χ0n) is 8.30. The second kappa shape index (κ2) is 4.32. The van der Waals surface area contributed by atoms with Crippen molar-refractivity contribution in [3.63, 3.8) is 0 Å². The number of rotatable bonds is 2. The van der Waals surface area contributed by atoms with Gasteiger partial charge in [-0.15, -0.1) is 0 Å². The molecular formula is C10H9ClN4O. The smallest absolute Gasteiger partial charge is 0.347 e. The number of halogens is 1. The number of aromatic nitrogens is 3. The van der Waals surface area contributed by atoms with Gasteiger partial charge in [0.25, 0.3) is 0 Å². The maximum atomic E-state index is 11.4. The molecule has 2 aromatic heterocycles. The maximum Gasteiger partial charge on any atom is 0.347 e. The van der Waals surface area contributed by atoms with Gasteiger partial charge in [0.1, 0.15) is 0 Å². The van der Waals surface area contributed by atoms with Gasteiger partial charge in [-0.2, -0.15) is 0 Å². The molecule has 2 rings (SSSR count). The quantitative estimate of drug-likeness (QED) is 0.842. The van der Waals surface area contributed by atoms with Crippen molar-refractivity contribution in [2.24, 2.45) is 0 Å². The van der Waals surface area contributed by atoms with Crippen molar-refractivity contribution in [3.8, 4) is 0 Å². The Labute approximate surface area is 96.5 Å². The molecule has 0 radical (unpaired) electrons. The maximum absolute atomic E-state index is 11.4. The lowest BCUT2D eigenvalue weighted by atomic mass is 10.3. The minimum absolute atomic E-state index is 0.303. The van der Waals surface area contributed by atoms with E-state index in [2.05, 4.69) is 9.97 Å². The highest BCUT2D eigenvalue weighted by atomic mass is 35.5. The first-order chi connectivity index (χ1) is 7.65. The molecule has 0 atom stereocenters. The molecule has 0 bridgehead atoms. The summed E-state index contributed by atoms with van der Waals surface area (Å²) in [5.41, 5.74) is 6.54. The summed E-state index contributed by atoms with van der Waals surface area (Å²) in [4.78, 5) is 19.1. The van der Waals surface area contributed by atoms with Crippen molar-refractivity contribution in [3.05, 3.63) is 51.9 Å². The number of pyridine rings is 1. The fourth-order valence-corrected chi connectivity index (χ4v) is 1.47. The predicted octanol–water partition coefficient (Wildman–Crippen LogP) is 0.922. The van der Waals surface area contributed by atoms with Crippen molar-refractivity contribution < 1.29 is 0 Å². The number of hydrogen-bond acceptors (Lipinski definition) is 4. The number of nitrogen functional groups attached to an aromatic ring is 1. The van der Waals surface area contributed by atoms with Gasteiger partial charge in [-0.05, 0) is 12.1 Å². The molecule has 82 valence electrons. The summed E-state index contributed by atoms with van der Waals surface area (Å²) in [6, 6.07) is 3.38. The van der Waals surface area contributed by atoms with E-state index < -0.39 is 0 Å². The van der Waals surface area contributed by atoms with Gasteiger partial charge in [-0.1, -0.05) is 11.6 Å². The lowest BCUT2D eigenvalue weighted by Crippen LogP contribution is -2.22. The van der Waals surface area contributed by atoms with Gasteiger partial charge >= 0.3 is 5.69 Å². The van der Waals surface area contributed by atoms with Gasteiger partial charge < -0.3 is 5.73 Å². The monoisotopic (exact) mass is 236 g/mol. The molecule has 16 heavy (non-hydrogen) atoms. The van der Waals surface area contributed by atoms with Crippen LogP contribution in [0.5, 0.6) is 0 Å². The van der Waals surface area contributed by atoms with Crippen LogP contribution in [0.3, 0.4) is 0 Å². The van der Waals surface area contributed by atoms with Crippen molar-refractivity contribution in [2.45, 2.75) is 6.54 Å². The van der Waals surface area contributed by atoms with Crippen molar-refractivity contribution in [1.82, 2.24) is 14.5 Å². The average molecular weight is 237 g/mol. The molecule has 0 unspecified atom stereocenters. The fourth-order valence-electron chi connectivity index (χ4n) is 1.30. The zero-order valence-corrected chi connectivity index (χ0v) is 9.05. The summed E-state index contributed by atoms with van der Waals surface area (Å²) in [7, 11) is 0. The molecular weight excluding hydrogens is 228 g/mol.